The molecule has 0 spiro atoms. The van der Waals surface area contributed by atoms with Crippen molar-refractivity contribution >= 4 is 17.8 Å². The summed E-state index contributed by atoms with van der Waals surface area (Å²) in [6.45, 7) is 3.22. The number of hydrogen-bond acceptors (Lipinski definition) is 4. The zero-order valence-corrected chi connectivity index (χ0v) is 16.6. The number of urea groups is 1. The quantitative estimate of drug-likeness (QED) is 0.810. The van der Waals surface area contributed by atoms with Crippen LogP contribution in [0.3, 0.4) is 0 Å². The number of likely N-dealkylation sites (N-methyl/N-ethyl adjacent to an activating group) is 1. The summed E-state index contributed by atoms with van der Waals surface area (Å²) in [4.78, 5) is 40.7. The molecule has 4 amide bonds. The molecule has 1 aliphatic heterocycles. The lowest BCUT2D eigenvalue weighted by Crippen LogP contribution is -2.53. The van der Waals surface area contributed by atoms with Crippen molar-refractivity contribution in [1.82, 2.24) is 15.1 Å². The van der Waals surface area contributed by atoms with Gasteiger partial charge in [-0.05, 0) is 32.3 Å². The second kappa shape index (κ2) is 7.27. The number of imide groups is 1. The predicted octanol–water partition coefficient (Wildman–Crippen LogP) is 2.45. The molecule has 1 aromatic carbocycles. The van der Waals surface area contributed by atoms with Gasteiger partial charge in [0.25, 0.3) is 5.91 Å². The van der Waals surface area contributed by atoms with Crippen LogP contribution in [0.25, 0.3) is 0 Å². The van der Waals surface area contributed by atoms with Gasteiger partial charge in [0.2, 0.25) is 5.91 Å². The van der Waals surface area contributed by atoms with Gasteiger partial charge in [-0.1, -0.05) is 49.1 Å². The molecular formula is C21H26N4O3. The highest BCUT2D eigenvalue weighted by molar-refractivity contribution is 6.09. The van der Waals surface area contributed by atoms with E-state index in [1.165, 1.54) is 4.90 Å². The van der Waals surface area contributed by atoms with Gasteiger partial charge < -0.3 is 10.2 Å². The first-order valence-electron chi connectivity index (χ1n) is 9.63. The van der Waals surface area contributed by atoms with Gasteiger partial charge in [0.05, 0.1) is 6.07 Å². The Kier molecular flexibility index (Phi) is 5.16. The van der Waals surface area contributed by atoms with Crippen LogP contribution in [-0.2, 0) is 15.1 Å². The summed E-state index contributed by atoms with van der Waals surface area (Å²) in [5.41, 5.74) is -0.344. The molecule has 0 aromatic heterocycles. The summed E-state index contributed by atoms with van der Waals surface area (Å²) in [7, 11) is 1.59. The van der Waals surface area contributed by atoms with Gasteiger partial charge >= 0.3 is 6.03 Å². The van der Waals surface area contributed by atoms with Crippen LogP contribution >= 0.6 is 0 Å². The first-order chi connectivity index (χ1) is 13.2. The molecule has 1 atom stereocenters. The zero-order chi connectivity index (χ0) is 20.5. The average molecular weight is 382 g/mol. The van der Waals surface area contributed by atoms with Crippen molar-refractivity contribution in [2.45, 2.75) is 57.0 Å². The fourth-order valence-electron chi connectivity index (χ4n) is 4.06. The van der Waals surface area contributed by atoms with Gasteiger partial charge in [-0.25, -0.2) is 4.79 Å². The van der Waals surface area contributed by atoms with Gasteiger partial charge in [-0.3, -0.25) is 14.5 Å². The third-order valence-corrected chi connectivity index (χ3v) is 6.10. The van der Waals surface area contributed by atoms with Crippen molar-refractivity contribution in [2.24, 2.45) is 0 Å². The predicted molar refractivity (Wildman–Crippen MR) is 103 cm³/mol. The molecule has 1 unspecified atom stereocenters. The summed E-state index contributed by atoms with van der Waals surface area (Å²) in [5.74, 6) is -0.863. The summed E-state index contributed by atoms with van der Waals surface area (Å²) in [5, 5.41) is 12.4. The van der Waals surface area contributed by atoms with E-state index in [-0.39, 0.29) is 6.54 Å². The van der Waals surface area contributed by atoms with E-state index in [4.69, 9.17) is 0 Å². The minimum absolute atomic E-state index is 0.369. The standard InChI is InChI=1S/C21H26N4O3/c1-15-7-9-16(10-8-15)20(2)18(27)25(19(28)23-20)13-17(26)24(3)21(14-22)11-5-4-6-12-21/h7-10H,4-6,11-13H2,1-3H3,(H,23,28). The van der Waals surface area contributed by atoms with E-state index in [0.717, 1.165) is 29.7 Å². The van der Waals surface area contributed by atoms with Crippen LogP contribution in [0.2, 0.25) is 0 Å². The number of hydrogen-bond donors (Lipinski definition) is 1. The lowest BCUT2D eigenvalue weighted by atomic mass is 9.81. The number of nitriles is 1. The highest BCUT2D eigenvalue weighted by atomic mass is 16.2. The minimum atomic E-state index is -1.21. The van der Waals surface area contributed by atoms with E-state index in [1.807, 2.05) is 19.1 Å². The molecule has 7 nitrogen and oxygen atoms in total. The second-order valence-electron chi connectivity index (χ2n) is 7.97. The first-order valence-corrected chi connectivity index (χ1v) is 9.63. The summed E-state index contributed by atoms with van der Waals surface area (Å²) in [6, 6.07) is 9.06. The normalized spacial score (nSPS) is 23.9. The van der Waals surface area contributed by atoms with Crippen LogP contribution < -0.4 is 5.32 Å². The topological polar surface area (TPSA) is 93.5 Å². The van der Waals surface area contributed by atoms with Gasteiger partial charge in [0.15, 0.2) is 0 Å². The summed E-state index contributed by atoms with van der Waals surface area (Å²) < 4.78 is 0. The third kappa shape index (κ3) is 3.24. The highest BCUT2D eigenvalue weighted by Gasteiger charge is 2.50. The van der Waals surface area contributed by atoms with Crippen LogP contribution in [0.4, 0.5) is 4.79 Å². The number of rotatable bonds is 4. The first kappa shape index (κ1) is 19.9. The third-order valence-electron chi connectivity index (χ3n) is 6.10. The molecule has 2 fully saturated rings. The molecule has 1 aliphatic carbocycles. The SMILES string of the molecule is Cc1ccc(C2(C)NC(=O)N(CC(=O)N(C)C3(C#N)CCCCC3)C2=O)cc1. The Balaban J connectivity index is 1.78. The molecule has 148 valence electrons. The Morgan fingerprint density at radius 2 is 1.82 bits per heavy atom. The van der Waals surface area contributed by atoms with Crippen molar-refractivity contribution in [1.29, 1.82) is 5.26 Å². The van der Waals surface area contributed by atoms with Crippen LogP contribution in [0, 0.1) is 18.3 Å². The molecule has 2 aliphatic rings. The Labute approximate surface area is 165 Å². The molecule has 1 N–H and O–H groups in total. The zero-order valence-electron chi connectivity index (χ0n) is 16.6. The molecule has 1 aromatic rings. The van der Waals surface area contributed by atoms with Gasteiger partial charge in [0.1, 0.15) is 17.6 Å². The van der Waals surface area contributed by atoms with Crippen molar-refractivity contribution < 1.29 is 14.4 Å². The fraction of sp³-hybridized carbons (Fsp3) is 0.524. The molecule has 0 bridgehead atoms. The molecule has 7 heteroatoms. The summed E-state index contributed by atoms with van der Waals surface area (Å²) in [6.07, 6.45) is 4.06. The number of nitrogens with zero attached hydrogens (tertiary/aromatic N) is 3. The van der Waals surface area contributed by atoms with E-state index >= 15 is 0 Å². The lowest BCUT2D eigenvalue weighted by Gasteiger charge is -2.39. The molecule has 28 heavy (non-hydrogen) atoms. The minimum Gasteiger partial charge on any atom is -0.325 e. The van der Waals surface area contributed by atoms with Crippen molar-refractivity contribution in [2.75, 3.05) is 13.6 Å². The maximum Gasteiger partial charge on any atom is 0.325 e. The van der Waals surface area contributed by atoms with Gasteiger partial charge in [-0.15, -0.1) is 0 Å². The van der Waals surface area contributed by atoms with Gasteiger partial charge in [0, 0.05) is 7.05 Å². The smallest absolute Gasteiger partial charge is 0.325 e. The van der Waals surface area contributed by atoms with E-state index in [9.17, 15) is 19.6 Å². The highest BCUT2D eigenvalue weighted by Crippen LogP contribution is 2.33. The number of amides is 4. The van der Waals surface area contributed by atoms with Crippen LogP contribution in [0.1, 0.15) is 50.2 Å². The van der Waals surface area contributed by atoms with E-state index < -0.39 is 28.9 Å². The number of carbonyl (C=O) groups is 3. The van der Waals surface area contributed by atoms with E-state index in [2.05, 4.69) is 11.4 Å². The molecule has 1 heterocycles. The van der Waals surface area contributed by atoms with Crippen molar-refractivity contribution in [3.8, 4) is 6.07 Å². The van der Waals surface area contributed by atoms with Crippen molar-refractivity contribution in [3.63, 3.8) is 0 Å². The molecular weight excluding hydrogens is 356 g/mol. The number of carbonyl (C=O) groups excluding carboxylic acids is 3. The summed E-state index contributed by atoms with van der Waals surface area (Å²) >= 11 is 0. The maximum atomic E-state index is 13.0. The van der Waals surface area contributed by atoms with Crippen LogP contribution in [0.15, 0.2) is 24.3 Å². The van der Waals surface area contributed by atoms with Gasteiger partial charge in [-0.2, -0.15) is 5.26 Å². The Morgan fingerprint density at radius 1 is 1.21 bits per heavy atom. The molecule has 0 radical (unpaired) electrons. The van der Waals surface area contributed by atoms with Crippen LogP contribution in [-0.4, -0.2) is 46.8 Å². The Hall–Kier alpha value is -2.88. The maximum absolute atomic E-state index is 13.0. The molecule has 1 saturated carbocycles. The Bertz CT molecular complexity index is 836. The lowest BCUT2D eigenvalue weighted by molar-refractivity contribution is -0.141. The number of nitrogens with one attached hydrogen (secondary N) is 1. The largest absolute Gasteiger partial charge is 0.325 e. The monoisotopic (exact) mass is 382 g/mol. The molecule has 1 saturated heterocycles. The second-order valence-corrected chi connectivity index (χ2v) is 7.97. The molecule has 3 rings (SSSR count). The number of benzene rings is 1. The van der Waals surface area contributed by atoms with E-state index in [0.29, 0.717) is 18.4 Å². The van der Waals surface area contributed by atoms with E-state index in [1.54, 1.807) is 26.1 Å². The van der Waals surface area contributed by atoms with Crippen LogP contribution in [0.5, 0.6) is 0 Å². The fourth-order valence-corrected chi connectivity index (χ4v) is 4.06. The number of aryl methyl sites for hydroxylation is 1. The Morgan fingerprint density at radius 3 is 2.39 bits per heavy atom. The average Bonchev–Trinajstić information content (AvgIpc) is 2.92. The van der Waals surface area contributed by atoms with Crippen molar-refractivity contribution in [3.05, 3.63) is 35.4 Å².